The first-order chi connectivity index (χ1) is 7.26. The molecule has 0 aliphatic rings. The molecule has 3 nitrogen and oxygen atoms in total. The number of anilines is 1. The third kappa shape index (κ3) is 4.32. The molecule has 3 heteroatoms. The molecule has 0 saturated heterocycles. The van der Waals surface area contributed by atoms with Crippen LogP contribution in [-0.4, -0.2) is 17.8 Å². The highest BCUT2D eigenvalue weighted by molar-refractivity contribution is 5.40. The second-order valence-corrected chi connectivity index (χ2v) is 3.79. The number of nitrogens with one attached hydrogen (secondary N) is 1. The maximum absolute atomic E-state index is 9.10. The molecule has 0 bridgehead atoms. The van der Waals surface area contributed by atoms with Crippen LogP contribution in [0.5, 0.6) is 0 Å². The Labute approximate surface area is 91.3 Å². The Kier molecular flexibility index (Phi) is 5.15. The number of benzene rings is 1. The number of nitrogens with two attached hydrogens (primary N) is 1. The molecule has 0 radical (unpaired) electrons. The molecule has 0 fully saturated rings. The predicted molar refractivity (Wildman–Crippen MR) is 63.5 cm³/mol. The van der Waals surface area contributed by atoms with Crippen molar-refractivity contribution in [2.24, 2.45) is 0 Å². The zero-order valence-electron chi connectivity index (χ0n) is 9.24. The fourth-order valence-corrected chi connectivity index (χ4v) is 1.57. The third-order valence-corrected chi connectivity index (χ3v) is 2.40. The second kappa shape index (κ2) is 6.43. The van der Waals surface area contributed by atoms with E-state index in [1.54, 1.807) is 0 Å². The standard InChI is InChI=1S/C12H20N2O/c1-2-4-12(9-15)14-8-10-5-3-6-11(13)7-10/h3,5-7,12,14-15H,2,4,8-9,13H2,1H3. The van der Waals surface area contributed by atoms with Gasteiger partial charge in [-0.15, -0.1) is 0 Å². The van der Waals surface area contributed by atoms with Crippen molar-refractivity contribution in [3.8, 4) is 0 Å². The van der Waals surface area contributed by atoms with E-state index in [2.05, 4.69) is 12.2 Å². The van der Waals surface area contributed by atoms with Crippen LogP contribution in [0.4, 0.5) is 5.69 Å². The van der Waals surface area contributed by atoms with Gasteiger partial charge in [0.05, 0.1) is 6.61 Å². The molecule has 0 aromatic heterocycles. The molecule has 1 aromatic carbocycles. The van der Waals surface area contributed by atoms with Gasteiger partial charge in [-0.2, -0.15) is 0 Å². The maximum Gasteiger partial charge on any atom is 0.0584 e. The first-order valence-electron chi connectivity index (χ1n) is 5.45. The molecule has 0 aliphatic carbocycles. The fourth-order valence-electron chi connectivity index (χ4n) is 1.57. The average molecular weight is 208 g/mol. The van der Waals surface area contributed by atoms with Crippen LogP contribution < -0.4 is 11.1 Å². The largest absolute Gasteiger partial charge is 0.399 e. The van der Waals surface area contributed by atoms with Crippen molar-refractivity contribution in [3.63, 3.8) is 0 Å². The molecular weight excluding hydrogens is 188 g/mol. The van der Waals surface area contributed by atoms with Gasteiger partial charge in [-0.1, -0.05) is 25.5 Å². The van der Waals surface area contributed by atoms with Crippen LogP contribution in [0.3, 0.4) is 0 Å². The number of aliphatic hydroxyl groups is 1. The van der Waals surface area contributed by atoms with Gasteiger partial charge in [-0.3, -0.25) is 0 Å². The summed E-state index contributed by atoms with van der Waals surface area (Å²) in [6.07, 6.45) is 2.08. The van der Waals surface area contributed by atoms with Gasteiger partial charge in [-0.25, -0.2) is 0 Å². The minimum atomic E-state index is 0.191. The highest BCUT2D eigenvalue weighted by atomic mass is 16.3. The number of hydrogen-bond acceptors (Lipinski definition) is 3. The first-order valence-corrected chi connectivity index (χ1v) is 5.45. The topological polar surface area (TPSA) is 58.3 Å². The highest BCUT2D eigenvalue weighted by Crippen LogP contribution is 2.06. The van der Waals surface area contributed by atoms with Gasteiger partial charge in [0.1, 0.15) is 0 Å². The van der Waals surface area contributed by atoms with Crippen molar-refractivity contribution in [1.82, 2.24) is 5.32 Å². The quantitative estimate of drug-likeness (QED) is 0.621. The SMILES string of the molecule is CCCC(CO)NCc1cccc(N)c1. The van der Waals surface area contributed by atoms with Crippen molar-refractivity contribution in [2.45, 2.75) is 32.4 Å². The maximum atomic E-state index is 9.10. The van der Waals surface area contributed by atoms with Crippen LogP contribution >= 0.6 is 0 Å². The van der Waals surface area contributed by atoms with Gasteiger partial charge >= 0.3 is 0 Å². The van der Waals surface area contributed by atoms with Gasteiger partial charge in [0, 0.05) is 18.3 Å². The molecule has 1 aromatic rings. The summed E-state index contributed by atoms with van der Waals surface area (Å²) < 4.78 is 0. The van der Waals surface area contributed by atoms with Crippen LogP contribution in [0.2, 0.25) is 0 Å². The van der Waals surface area contributed by atoms with Crippen molar-refractivity contribution in [3.05, 3.63) is 29.8 Å². The molecule has 0 heterocycles. The molecular formula is C12H20N2O. The van der Waals surface area contributed by atoms with Crippen LogP contribution in [-0.2, 0) is 6.54 Å². The van der Waals surface area contributed by atoms with E-state index in [4.69, 9.17) is 10.8 Å². The lowest BCUT2D eigenvalue weighted by Gasteiger charge is -2.15. The summed E-state index contributed by atoms with van der Waals surface area (Å²) >= 11 is 0. The highest BCUT2D eigenvalue weighted by Gasteiger charge is 2.04. The molecule has 1 atom stereocenters. The molecule has 84 valence electrons. The molecule has 1 rings (SSSR count). The lowest BCUT2D eigenvalue weighted by molar-refractivity contribution is 0.234. The zero-order valence-corrected chi connectivity index (χ0v) is 9.24. The normalized spacial score (nSPS) is 12.7. The van der Waals surface area contributed by atoms with E-state index in [1.165, 1.54) is 0 Å². The van der Waals surface area contributed by atoms with Gasteiger partial charge in [0.25, 0.3) is 0 Å². The van der Waals surface area contributed by atoms with Gasteiger partial charge < -0.3 is 16.2 Å². The number of aliphatic hydroxyl groups excluding tert-OH is 1. The van der Waals surface area contributed by atoms with Crippen LogP contribution in [0.15, 0.2) is 24.3 Å². The molecule has 0 aliphatic heterocycles. The van der Waals surface area contributed by atoms with E-state index >= 15 is 0 Å². The van der Waals surface area contributed by atoms with Crippen LogP contribution in [0.25, 0.3) is 0 Å². The smallest absolute Gasteiger partial charge is 0.0584 e. The molecule has 0 amide bonds. The number of rotatable bonds is 6. The average Bonchev–Trinajstić information content (AvgIpc) is 2.24. The van der Waals surface area contributed by atoms with E-state index in [0.717, 1.165) is 30.6 Å². The lowest BCUT2D eigenvalue weighted by atomic mass is 10.1. The summed E-state index contributed by atoms with van der Waals surface area (Å²) in [5.74, 6) is 0. The lowest BCUT2D eigenvalue weighted by Crippen LogP contribution is -2.31. The summed E-state index contributed by atoms with van der Waals surface area (Å²) in [6.45, 7) is 3.07. The Morgan fingerprint density at radius 2 is 2.27 bits per heavy atom. The summed E-state index contributed by atoms with van der Waals surface area (Å²) in [6, 6.07) is 7.99. The molecule has 0 spiro atoms. The minimum absolute atomic E-state index is 0.191. The summed E-state index contributed by atoms with van der Waals surface area (Å²) in [7, 11) is 0. The van der Waals surface area contributed by atoms with Gasteiger partial charge in [0.2, 0.25) is 0 Å². The Morgan fingerprint density at radius 3 is 2.87 bits per heavy atom. The summed E-state index contributed by atoms with van der Waals surface area (Å²) in [5.41, 5.74) is 7.62. The van der Waals surface area contributed by atoms with E-state index in [9.17, 15) is 0 Å². The monoisotopic (exact) mass is 208 g/mol. The second-order valence-electron chi connectivity index (χ2n) is 3.79. The molecule has 4 N–H and O–H groups in total. The summed E-state index contributed by atoms with van der Waals surface area (Å²) in [5, 5.41) is 12.4. The zero-order chi connectivity index (χ0) is 11.1. The van der Waals surface area contributed by atoms with Gasteiger partial charge in [-0.05, 0) is 24.1 Å². The predicted octanol–water partition coefficient (Wildman–Crippen LogP) is 1.52. The number of nitrogen functional groups attached to an aromatic ring is 1. The fraction of sp³-hybridized carbons (Fsp3) is 0.500. The molecule has 15 heavy (non-hydrogen) atoms. The molecule has 0 saturated carbocycles. The third-order valence-electron chi connectivity index (χ3n) is 2.40. The minimum Gasteiger partial charge on any atom is -0.399 e. The van der Waals surface area contributed by atoms with E-state index in [-0.39, 0.29) is 12.6 Å². The van der Waals surface area contributed by atoms with E-state index < -0.39 is 0 Å². The Morgan fingerprint density at radius 1 is 1.47 bits per heavy atom. The van der Waals surface area contributed by atoms with E-state index in [1.807, 2.05) is 24.3 Å². The Balaban J connectivity index is 2.41. The first kappa shape index (κ1) is 12.0. The van der Waals surface area contributed by atoms with E-state index in [0.29, 0.717) is 0 Å². The van der Waals surface area contributed by atoms with Crippen LogP contribution in [0.1, 0.15) is 25.3 Å². The van der Waals surface area contributed by atoms with Crippen molar-refractivity contribution >= 4 is 5.69 Å². The number of hydrogen-bond donors (Lipinski definition) is 3. The summed E-state index contributed by atoms with van der Waals surface area (Å²) in [4.78, 5) is 0. The molecule has 1 unspecified atom stereocenters. The van der Waals surface area contributed by atoms with Crippen molar-refractivity contribution < 1.29 is 5.11 Å². The van der Waals surface area contributed by atoms with Crippen molar-refractivity contribution in [2.75, 3.05) is 12.3 Å². The van der Waals surface area contributed by atoms with Crippen molar-refractivity contribution in [1.29, 1.82) is 0 Å². The Bertz CT molecular complexity index is 289. The Hall–Kier alpha value is -1.06. The van der Waals surface area contributed by atoms with Crippen LogP contribution in [0, 0.1) is 0 Å². The van der Waals surface area contributed by atoms with Gasteiger partial charge in [0.15, 0.2) is 0 Å².